The van der Waals surface area contributed by atoms with E-state index in [0.29, 0.717) is 6.54 Å². The molecule has 0 saturated carbocycles. The number of likely N-dealkylation sites (N-methyl/N-ethyl adjacent to an activating group) is 1. The molecule has 0 atom stereocenters. The van der Waals surface area contributed by atoms with Gasteiger partial charge in [0.05, 0.1) is 6.54 Å². The molecule has 3 nitrogen and oxygen atoms in total. The normalized spacial score (nSPS) is 10.1. The van der Waals surface area contributed by atoms with Crippen LogP contribution in [0.2, 0.25) is 0 Å². The van der Waals surface area contributed by atoms with Crippen molar-refractivity contribution < 1.29 is 4.79 Å². The zero-order chi connectivity index (χ0) is 10.1. The van der Waals surface area contributed by atoms with Crippen LogP contribution < -0.4 is 5.32 Å². The topological polar surface area (TPSA) is 32.3 Å². The van der Waals surface area contributed by atoms with Crippen LogP contribution in [-0.4, -0.2) is 37.0 Å². The van der Waals surface area contributed by atoms with Crippen molar-refractivity contribution in [3.63, 3.8) is 0 Å². The number of nitrogens with one attached hydrogen (secondary N) is 1. The quantitative estimate of drug-likeness (QED) is 0.649. The maximum atomic E-state index is 11.5. The Morgan fingerprint density at radius 1 is 1.15 bits per heavy atom. The lowest BCUT2D eigenvalue weighted by Gasteiger charge is -2.21. The van der Waals surface area contributed by atoms with E-state index < -0.39 is 0 Å². The Morgan fingerprint density at radius 3 is 2.08 bits per heavy atom. The number of carbonyl (C=O) groups excluding carboxylic acids is 1. The van der Waals surface area contributed by atoms with Gasteiger partial charge in [-0.05, 0) is 19.4 Å². The Labute approximate surface area is 81.5 Å². The fourth-order valence-corrected chi connectivity index (χ4v) is 1.24. The summed E-state index contributed by atoms with van der Waals surface area (Å²) in [5.74, 6) is 0.227. The van der Waals surface area contributed by atoms with E-state index in [1.807, 2.05) is 11.8 Å². The molecular formula is C10H22N2O. The molecule has 0 saturated heterocycles. The molecule has 1 amide bonds. The first-order chi connectivity index (χ1) is 6.26. The fourth-order valence-electron chi connectivity index (χ4n) is 1.24. The zero-order valence-corrected chi connectivity index (χ0v) is 9.10. The molecule has 0 aromatic rings. The molecular weight excluding hydrogens is 164 g/mol. The Hall–Kier alpha value is -0.570. The van der Waals surface area contributed by atoms with Crippen molar-refractivity contribution in [3.8, 4) is 0 Å². The highest BCUT2D eigenvalue weighted by molar-refractivity contribution is 5.78. The first kappa shape index (κ1) is 12.4. The molecule has 0 aliphatic carbocycles. The fraction of sp³-hybridized carbons (Fsp3) is 0.900. The van der Waals surface area contributed by atoms with Gasteiger partial charge >= 0.3 is 0 Å². The molecule has 13 heavy (non-hydrogen) atoms. The maximum absolute atomic E-state index is 11.5. The number of hydrogen-bond acceptors (Lipinski definition) is 2. The van der Waals surface area contributed by atoms with E-state index in [9.17, 15) is 4.79 Å². The van der Waals surface area contributed by atoms with Crippen molar-refractivity contribution in [1.82, 2.24) is 10.2 Å². The van der Waals surface area contributed by atoms with Gasteiger partial charge in [-0.15, -0.1) is 0 Å². The van der Waals surface area contributed by atoms with Gasteiger partial charge in [-0.2, -0.15) is 0 Å². The van der Waals surface area contributed by atoms with Crippen molar-refractivity contribution in [3.05, 3.63) is 0 Å². The maximum Gasteiger partial charge on any atom is 0.236 e. The summed E-state index contributed by atoms with van der Waals surface area (Å²) in [5.41, 5.74) is 0. The smallest absolute Gasteiger partial charge is 0.236 e. The van der Waals surface area contributed by atoms with Crippen LogP contribution in [0.15, 0.2) is 0 Å². The predicted octanol–water partition coefficient (Wildman–Crippen LogP) is 1.24. The van der Waals surface area contributed by atoms with Crippen molar-refractivity contribution in [1.29, 1.82) is 0 Å². The van der Waals surface area contributed by atoms with E-state index in [4.69, 9.17) is 0 Å². The summed E-state index contributed by atoms with van der Waals surface area (Å²) < 4.78 is 0. The van der Waals surface area contributed by atoms with E-state index in [-0.39, 0.29) is 5.91 Å². The number of carbonyl (C=O) groups is 1. The summed E-state index contributed by atoms with van der Waals surface area (Å²) in [7, 11) is 0. The van der Waals surface area contributed by atoms with Crippen LogP contribution in [0.4, 0.5) is 0 Å². The first-order valence-corrected chi connectivity index (χ1v) is 5.24. The largest absolute Gasteiger partial charge is 0.342 e. The van der Waals surface area contributed by atoms with Crippen LogP contribution in [0.3, 0.4) is 0 Å². The lowest BCUT2D eigenvalue weighted by atomic mass is 10.3. The van der Waals surface area contributed by atoms with Crippen LogP contribution in [0, 0.1) is 0 Å². The second-order valence-electron chi connectivity index (χ2n) is 3.16. The SMILES string of the molecule is CCCN(CCC)C(=O)CNCC. The highest BCUT2D eigenvalue weighted by Gasteiger charge is 2.09. The zero-order valence-electron chi connectivity index (χ0n) is 9.10. The molecule has 0 aliphatic rings. The number of hydrogen-bond donors (Lipinski definition) is 1. The average molecular weight is 186 g/mol. The van der Waals surface area contributed by atoms with Crippen molar-refractivity contribution in [2.24, 2.45) is 0 Å². The second kappa shape index (κ2) is 8.05. The lowest BCUT2D eigenvalue weighted by molar-refractivity contribution is -0.130. The van der Waals surface area contributed by atoms with Crippen molar-refractivity contribution >= 4 is 5.91 Å². The van der Waals surface area contributed by atoms with E-state index in [2.05, 4.69) is 19.2 Å². The Morgan fingerprint density at radius 2 is 1.69 bits per heavy atom. The van der Waals surface area contributed by atoms with Gasteiger partial charge in [0.2, 0.25) is 5.91 Å². The molecule has 0 rings (SSSR count). The first-order valence-electron chi connectivity index (χ1n) is 5.24. The molecule has 1 N–H and O–H groups in total. The standard InChI is InChI=1S/C10H22N2O/c1-4-7-12(8-5-2)10(13)9-11-6-3/h11H,4-9H2,1-3H3. The molecule has 0 unspecified atom stereocenters. The number of nitrogens with zero attached hydrogens (tertiary/aromatic N) is 1. The van der Waals surface area contributed by atoms with Gasteiger partial charge < -0.3 is 10.2 Å². The Kier molecular flexibility index (Phi) is 7.69. The summed E-state index contributed by atoms with van der Waals surface area (Å²) in [5, 5.41) is 3.05. The van der Waals surface area contributed by atoms with E-state index >= 15 is 0 Å². The van der Waals surface area contributed by atoms with Gasteiger partial charge in [0.15, 0.2) is 0 Å². The highest BCUT2D eigenvalue weighted by Crippen LogP contribution is 1.94. The molecule has 78 valence electrons. The van der Waals surface area contributed by atoms with Gasteiger partial charge in [0.1, 0.15) is 0 Å². The van der Waals surface area contributed by atoms with E-state index in [0.717, 1.165) is 32.5 Å². The third kappa shape index (κ3) is 5.64. The van der Waals surface area contributed by atoms with Gasteiger partial charge in [-0.1, -0.05) is 20.8 Å². The molecule has 3 heteroatoms. The number of amides is 1. The Bertz CT molecular complexity index is 131. The van der Waals surface area contributed by atoms with Crippen LogP contribution in [0.1, 0.15) is 33.6 Å². The molecule has 0 aromatic carbocycles. The third-order valence-electron chi connectivity index (χ3n) is 1.87. The summed E-state index contributed by atoms with van der Waals surface area (Å²) >= 11 is 0. The molecule has 0 radical (unpaired) electrons. The van der Waals surface area contributed by atoms with Crippen LogP contribution in [0.25, 0.3) is 0 Å². The minimum atomic E-state index is 0.227. The molecule has 0 aromatic heterocycles. The third-order valence-corrected chi connectivity index (χ3v) is 1.87. The van der Waals surface area contributed by atoms with Crippen LogP contribution in [-0.2, 0) is 4.79 Å². The molecule has 0 heterocycles. The minimum absolute atomic E-state index is 0.227. The molecule has 0 aliphatic heterocycles. The van der Waals surface area contributed by atoms with E-state index in [1.54, 1.807) is 0 Å². The summed E-state index contributed by atoms with van der Waals surface area (Å²) in [6, 6.07) is 0. The van der Waals surface area contributed by atoms with Gasteiger partial charge in [0, 0.05) is 13.1 Å². The predicted molar refractivity (Wildman–Crippen MR) is 55.7 cm³/mol. The van der Waals surface area contributed by atoms with Crippen molar-refractivity contribution in [2.45, 2.75) is 33.6 Å². The van der Waals surface area contributed by atoms with Crippen LogP contribution in [0.5, 0.6) is 0 Å². The summed E-state index contributed by atoms with van der Waals surface area (Å²) in [4.78, 5) is 13.5. The number of rotatable bonds is 7. The molecule has 0 bridgehead atoms. The van der Waals surface area contributed by atoms with Gasteiger partial charge in [-0.25, -0.2) is 0 Å². The Balaban J connectivity index is 3.80. The van der Waals surface area contributed by atoms with Gasteiger partial charge in [-0.3, -0.25) is 4.79 Å². The highest BCUT2D eigenvalue weighted by atomic mass is 16.2. The second-order valence-corrected chi connectivity index (χ2v) is 3.16. The monoisotopic (exact) mass is 186 g/mol. The van der Waals surface area contributed by atoms with E-state index in [1.165, 1.54) is 0 Å². The van der Waals surface area contributed by atoms with Crippen LogP contribution >= 0.6 is 0 Å². The lowest BCUT2D eigenvalue weighted by Crippen LogP contribution is -2.39. The summed E-state index contributed by atoms with van der Waals surface area (Å²) in [6.45, 7) is 9.33. The van der Waals surface area contributed by atoms with Gasteiger partial charge in [0.25, 0.3) is 0 Å². The van der Waals surface area contributed by atoms with Crippen molar-refractivity contribution in [2.75, 3.05) is 26.2 Å². The minimum Gasteiger partial charge on any atom is -0.342 e. The molecule has 0 spiro atoms. The average Bonchev–Trinajstić information content (AvgIpc) is 2.14. The summed E-state index contributed by atoms with van der Waals surface area (Å²) in [6.07, 6.45) is 2.08. The molecule has 0 fully saturated rings.